The lowest BCUT2D eigenvalue weighted by Gasteiger charge is -2.30. The van der Waals surface area contributed by atoms with Gasteiger partial charge >= 0.3 is 0 Å². The van der Waals surface area contributed by atoms with Gasteiger partial charge in [-0.25, -0.2) is 0 Å². The molecule has 96 valence electrons. The fourth-order valence-electron chi connectivity index (χ4n) is 2.67. The number of fused-ring (bicyclic) bond motifs is 1. The first kappa shape index (κ1) is 11.5. The molecule has 2 aliphatic rings. The third kappa shape index (κ3) is 1.77. The van der Waals surface area contributed by atoms with Crippen LogP contribution in [-0.4, -0.2) is 27.1 Å². The zero-order chi connectivity index (χ0) is 12.7. The maximum absolute atomic E-state index is 10.3. The Hall–Kier alpha value is -1.55. The number of nitrogens with zero attached hydrogens (tertiary/aromatic N) is 1. The number of hydrogen-bond donors (Lipinski definition) is 3. The van der Waals surface area contributed by atoms with Gasteiger partial charge in [0.05, 0.1) is 6.04 Å². The number of rotatable bonds is 1. The topological polar surface area (TPSA) is 73.0 Å². The molecular formula is C14H17NO3. The van der Waals surface area contributed by atoms with E-state index in [4.69, 9.17) is 0 Å². The molecule has 0 spiro atoms. The Labute approximate surface area is 106 Å². The Morgan fingerprint density at radius 1 is 1.11 bits per heavy atom. The number of benzene rings is 1. The molecule has 0 amide bonds. The van der Waals surface area contributed by atoms with Crippen LogP contribution in [0.4, 0.5) is 0 Å². The Morgan fingerprint density at radius 3 is 2.56 bits per heavy atom. The molecule has 0 radical (unpaired) electrons. The summed E-state index contributed by atoms with van der Waals surface area (Å²) in [5.41, 5.74) is 2.56. The van der Waals surface area contributed by atoms with Crippen molar-refractivity contribution in [2.24, 2.45) is 4.99 Å². The van der Waals surface area contributed by atoms with E-state index >= 15 is 0 Å². The minimum Gasteiger partial charge on any atom is -0.504 e. The molecule has 3 rings (SSSR count). The smallest absolute Gasteiger partial charge is 0.161 e. The summed E-state index contributed by atoms with van der Waals surface area (Å²) in [4.78, 5) is 4.60. The summed E-state index contributed by atoms with van der Waals surface area (Å²) in [5, 5.41) is 29.6. The maximum Gasteiger partial charge on any atom is 0.161 e. The van der Waals surface area contributed by atoms with Crippen LogP contribution in [0.3, 0.4) is 0 Å². The standard InChI is InChI=1S/C14H17NO3/c16-12-7-5-9-10(14(12)18)4-6-11(13(9)17)15-8-2-1-3-8/h5,7,11,13,16-18H,1-4,6H2/t11-,13+/m0/s1. The maximum atomic E-state index is 10.3. The van der Waals surface area contributed by atoms with Crippen LogP contribution in [0.25, 0.3) is 0 Å². The number of aliphatic imine (C=N–C) groups is 1. The van der Waals surface area contributed by atoms with Crippen LogP contribution < -0.4 is 0 Å². The minimum absolute atomic E-state index is 0.0960. The highest BCUT2D eigenvalue weighted by Gasteiger charge is 2.30. The van der Waals surface area contributed by atoms with Gasteiger partial charge in [0.25, 0.3) is 0 Å². The molecule has 0 heterocycles. The summed E-state index contributed by atoms with van der Waals surface area (Å²) in [6, 6.07) is 3.01. The van der Waals surface area contributed by atoms with Crippen molar-refractivity contribution in [3.05, 3.63) is 23.3 Å². The molecule has 18 heavy (non-hydrogen) atoms. The number of phenolic OH excluding ortho intramolecular Hbond substituents is 2. The number of phenols is 2. The van der Waals surface area contributed by atoms with Gasteiger partial charge in [0.1, 0.15) is 6.10 Å². The van der Waals surface area contributed by atoms with Gasteiger partial charge in [0, 0.05) is 11.3 Å². The van der Waals surface area contributed by atoms with Gasteiger partial charge in [0.15, 0.2) is 11.5 Å². The van der Waals surface area contributed by atoms with Crippen molar-refractivity contribution in [3.63, 3.8) is 0 Å². The molecular weight excluding hydrogens is 230 g/mol. The van der Waals surface area contributed by atoms with E-state index in [1.165, 1.54) is 18.2 Å². The molecule has 4 heteroatoms. The predicted octanol–water partition coefficient (Wildman–Crippen LogP) is 2.07. The number of aromatic hydroxyl groups is 2. The number of hydrogen-bond acceptors (Lipinski definition) is 4. The molecule has 2 aliphatic carbocycles. The Bertz CT molecular complexity index is 504. The first-order valence-corrected chi connectivity index (χ1v) is 6.44. The van der Waals surface area contributed by atoms with E-state index in [0.717, 1.165) is 12.8 Å². The highest BCUT2D eigenvalue weighted by atomic mass is 16.3. The van der Waals surface area contributed by atoms with Crippen LogP contribution in [0.1, 0.15) is 42.9 Å². The average molecular weight is 247 g/mol. The molecule has 3 N–H and O–H groups in total. The summed E-state index contributed by atoms with van der Waals surface area (Å²) < 4.78 is 0. The molecule has 1 aromatic rings. The van der Waals surface area contributed by atoms with Gasteiger partial charge in [-0.2, -0.15) is 0 Å². The van der Waals surface area contributed by atoms with Gasteiger partial charge in [-0.05, 0) is 43.7 Å². The molecule has 1 aromatic carbocycles. The Morgan fingerprint density at radius 2 is 1.89 bits per heavy atom. The van der Waals surface area contributed by atoms with Gasteiger partial charge in [-0.1, -0.05) is 6.07 Å². The number of aliphatic hydroxyl groups excluding tert-OH is 1. The van der Waals surface area contributed by atoms with Crippen molar-refractivity contribution in [1.82, 2.24) is 0 Å². The third-order valence-electron chi connectivity index (χ3n) is 3.95. The van der Waals surface area contributed by atoms with Crippen molar-refractivity contribution in [2.45, 2.75) is 44.2 Å². The van der Waals surface area contributed by atoms with E-state index in [0.29, 0.717) is 24.0 Å². The fraction of sp³-hybridized carbons (Fsp3) is 0.500. The average Bonchev–Trinajstić information content (AvgIpc) is 2.31. The van der Waals surface area contributed by atoms with Gasteiger partial charge < -0.3 is 15.3 Å². The fourth-order valence-corrected chi connectivity index (χ4v) is 2.67. The largest absolute Gasteiger partial charge is 0.504 e. The third-order valence-corrected chi connectivity index (χ3v) is 3.95. The normalized spacial score (nSPS) is 26.4. The molecule has 1 fully saturated rings. The SMILES string of the molecule is Oc1ccc2c(c1O)CC[C@H](N=C1CCC1)[C@@H]2O. The lowest BCUT2D eigenvalue weighted by atomic mass is 9.84. The summed E-state index contributed by atoms with van der Waals surface area (Å²) in [7, 11) is 0. The van der Waals surface area contributed by atoms with E-state index in [1.807, 2.05) is 0 Å². The van der Waals surface area contributed by atoms with Crippen molar-refractivity contribution in [1.29, 1.82) is 0 Å². The molecule has 0 bridgehead atoms. The molecule has 1 saturated carbocycles. The summed E-state index contributed by atoms with van der Waals surface area (Å²) in [6.07, 6.45) is 4.00. The van der Waals surface area contributed by atoms with Crippen LogP contribution in [0, 0.1) is 0 Å². The second-order valence-corrected chi connectivity index (χ2v) is 5.10. The zero-order valence-corrected chi connectivity index (χ0v) is 10.1. The molecule has 0 aliphatic heterocycles. The predicted molar refractivity (Wildman–Crippen MR) is 68.1 cm³/mol. The monoisotopic (exact) mass is 247 g/mol. The van der Waals surface area contributed by atoms with E-state index in [1.54, 1.807) is 6.07 Å². The second kappa shape index (κ2) is 4.28. The van der Waals surface area contributed by atoms with Crippen molar-refractivity contribution in [2.75, 3.05) is 0 Å². The highest BCUT2D eigenvalue weighted by molar-refractivity contribution is 5.89. The Balaban J connectivity index is 1.92. The van der Waals surface area contributed by atoms with Gasteiger partial charge in [-0.3, -0.25) is 4.99 Å². The van der Waals surface area contributed by atoms with Crippen LogP contribution in [-0.2, 0) is 6.42 Å². The summed E-state index contributed by atoms with van der Waals surface area (Å²) in [6.45, 7) is 0. The molecule has 0 aromatic heterocycles. The molecule has 0 unspecified atom stereocenters. The van der Waals surface area contributed by atoms with Crippen LogP contribution in [0.5, 0.6) is 11.5 Å². The molecule has 4 nitrogen and oxygen atoms in total. The first-order chi connectivity index (χ1) is 8.66. The highest BCUT2D eigenvalue weighted by Crippen LogP contribution is 2.41. The van der Waals surface area contributed by atoms with Gasteiger partial charge in [0.2, 0.25) is 0 Å². The van der Waals surface area contributed by atoms with Crippen molar-refractivity contribution < 1.29 is 15.3 Å². The number of aliphatic hydroxyl groups is 1. The van der Waals surface area contributed by atoms with Crippen LogP contribution in [0.15, 0.2) is 17.1 Å². The van der Waals surface area contributed by atoms with Crippen LogP contribution in [0.2, 0.25) is 0 Å². The van der Waals surface area contributed by atoms with E-state index in [9.17, 15) is 15.3 Å². The second-order valence-electron chi connectivity index (χ2n) is 5.10. The molecule has 0 saturated heterocycles. The minimum atomic E-state index is -0.673. The summed E-state index contributed by atoms with van der Waals surface area (Å²) in [5.74, 6) is -0.217. The van der Waals surface area contributed by atoms with Crippen LogP contribution >= 0.6 is 0 Å². The lowest BCUT2D eigenvalue weighted by Crippen LogP contribution is -2.26. The quantitative estimate of drug-likeness (QED) is 0.665. The summed E-state index contributed by atoms with van der Waals surface area (Å²) >= 11 is 0. The van der Waals surface area contributed by atoms with E-state index in [-0.39, 0.29) is 17.5 Å². The Kier molecular flexibility index (Phi) is 2.74. The molecule has 2 atom stereocenters. The van der Waals surface area contributed by atoms with E-state index in [2.05, 4.69) is 4.99 Å². The lowest BCUT2D eigenvalue weighted by molar-refractivity contribution is 0.133. The van der Waals surface area contributed by atoms with E-state index < -0.39 is 6.10 Å². The zero-order valence-electron chi connectivity index (χ0n) is 10.1. The first-order valence-electron chi connectivity index (χ1n) is 6.44. The van der Waals surface area contributed by atoms with Gasteiger partial charge in [-0.15, -0.1) is 0 Å². The van der Waals surface area contributed by atoms with Crippen molar-refractivity contribution >= 4 is 5.71 Å². The van der Waals surface area contributed by atoms with Crippen molar-refractivity contribution in [3.8, 4) is 11.5 Å².